The van der Waals surface area contributed by atoms with Crippen molar-refractivity contribution in [1.82, 2.24) is 10.6 Å². The van der Waals surface area contributed by atoms with Gasteiger partial charge in [-0.15, -0.1) is 0 Å². The van der Waals surface area contributed by atoms with Crippen LogP contribution in [-0.2, 0) is 19.1 Å². The van der Waals surface area contributed by atoms with Gasteiger partial charge < -0.3 is 20.1 Å². The highest BCUT2D eigenvalue weighted by molar-refractivity contribution is 5.76. The summed E-state index contributed by atoms with van der Waals surface area (Å²) < 4.78 is 10.6. The van der Waals surface area contributed by atoms with Crippen molar-refractivity contribution in [3.8, 4) is 0 Å². The van der Waals surface area contributed by atoms with Crippen LogP contribution in [0.3, 0.4) is 0 Å². The first-order valence-corrected chi connectivity index (χ1v) is 7.27. The minimum absolute atomic E-state index is 0.000412. The highest BCUT2D eigenvalue weighted by Crippen LogP contribution is 1.87. The molecule has 0 bridgehead atoms. The summed E-state index contributed by atoms with van der Waals surface area (Å²) in [6, 6.07) is 0.161. The maximum absolute atomic E-state index is 11.3. The number of carbonyl (C=O) groups is 2. The molecule has 0 saturated heterocycles. The van der Waals surface area contributed by atoms with Crippen molar-refractivity contribution in [2.24, 2.45) is 0 Å². The molecule has 0 aliphatic heterocycles. The summed E-state index contributed by atoms with van der Waals surface area (Å²) in [7, 11) is 0. The van der Waals surface area contributed by atoms with E-state index in [9.17, 15) is 9.59 Å². The van der Waals surface area contributed by atoms with Crippen LogP contribution in [0.15, 0.2) is 0 Å². The minimum atomic E-state index is -0.000412. The molecule has 0 aromatic carbocycles. The van der Waals surface area contributed by atoms with E-state index in [1.54, 1.807) is 0 Å². The van der Waals surface area contributed by atoms with Gasteiger partial charge in [-0.25, -0.2) is 0 Å². The van der Waals surface area contributed by atoms with Gasteiger partial charge in [-0.05, 0) is 20.3 Å². The van der Waals surface area contributed by atoms with Gasteiger partial charge in [-0.2, -0.15) is 0 Å². The van der Waals surface area contributed by atoms with Crippen LogP contribution < -0.4 is 10.6 Å². The summed E-state index contributed by atoms with van der Waals surface area (Å²) in [5, 5.41) is 5.55. The Balaban J connectivity index is 3.21. The largest absolute Gasteiger partial charge is 0.379 e. The van der Waals surface area contributed by atoms with Crippen molar-refractivity contribution in [2.75, 3.05) is 33.0 Å². The Morgan fingerprint density at radius 3 is 2.20 bits per heavy atom. The minimum Gasteiger partial charge on any atom is -0.379 e. The third-order valence-corrected chi connectivity index (χ3v) is 2.34. The Labute approximate surface area is 121 Å². The number of hydrogen-bond acceptors (Lipinski definition) is 4. The Morgan fingerprint density at radius 1 is 0.950 bits per heavy atom. The second kappa shape index (κ2) is 12.9. The predicted octanol–water partition coefficient (Wildman–Crippen LogP) is 0.851. The molecule has 2 N–H and O–H groups in total. The van der Waals surface area contributed by atoms with Gasteiger partial charge in [0.1, 0.15) is 0 Å². The second-order valence-corrected chi connectivity index (χ2v) is 4.80. The lowest BCUT2D eigenvalue weighted by Gasteiger charge is -2.09. The molecule has 0 aromatic rings. The van der Waals surface area contributed by atoms with E-state index in [-0.39, 0.29) is 17.9 Å². The summed E-state index contributed by atoms with van der Waals surface area (Å²) in [5.41, 5.74) is 0. The van der Waals surface area contributed by atoms with Crippen LogP contribution in [0.2, 0.25) is 0 Å². The molecule has 0 rings (SSSR count). The maximum atomic E-state index is 11.3. The van der Waals surface area contributed by atoms with Crippen molar-refractivity contribution in [3.63, 3.8) is 0 Å². The van der Waals surface area contributed by atoms with E-state index in [2.05, 4.69) is 10.6 Å². The van der Waals surface area contributed by atoms with Crippen molar-refractivity contribution in [2.45, 2.75) is 46.1 Å². The lowest BCUT2D eigenvalue weighted by Crippen LogP contribution is -2.30. The number of hydrogen-bond donors (Lipinski definition) is 2. The summed E-state index contributed by atoms with van der Waals surface area (Å²) in [5.74, 6) is 0.0584. The number of ether oxygens (including phenoxy) is 2. The fourth-order valence-corrected chi connectivity index (χ4v) is 1.46. The molecule has 0 atom stereocenters. The lowest BCUT2D eigenvalue weighted by molar-refractivity contribution is -0.123. The molecule has 0 heterocycles. The average molecular weight is 288 g/mol. The van der Waals surface area contributed by atoms with Crippen LogP contribution in [0.4, 0.5) is 0 Å². The summed E-state index contributed by atoms with van der Waals surface area (Å²) in [4.78, 5) is 22.4. The van der Waals surface area contributed by atoms with Gasteiger partial charge in [0, 0.05) is 25.4 Å². The Kier molecular flexibility index (Phi) is 12.1. The molecule has 6 nitrogen and oxygen atoms in total. The van der Waals surface area contributed by atoms with E-state index in [4.69, 9.17) is 9.47 Å². The third-order valence-electron chi connectivity index (χ3n) is 2.34. The molecule has 0 radical (unpaired) electrons. The molecule has 0 saturated carbocycles. The van der Waals surface area contributed by atoms with E-state index >= 15 is 0 Å². The highest BCUT2D eigenvalue weighted by Gasteiger charge is 2.02. The van der Waals surface area contributed by atoms with Crippen LogP contribution in [-0.4, -0.2) is 50.8 Å². The molecule has 0 aliphatic carbocycles. The Bertz CT molecular complexity index is 270. The van der Waals surface area contributed by atoms with Gasteiger partial charge in [0.15, 0.2) is 0 Å². The zero-order valence-corrected chi connectivity index (χ0v) is 12.9. The normalized spacial score (nSPS) is 10.6. The lowest BCUT2D eigenvalue weighted by atomic mass is 10.3. The average Bonchev–Trinajstić information content (AvgIpc) is 2.36. The van der Waals surface area contributed by atoms with Gasteiger partial charge in [0.2, 0.25) is 11.8 Å². The smallest absolute Gasteiger partial charge is 0.222 e. The van der Waals surface area contributed by atoms with E-state index in [1.807, 2.05) is 20.8 Å². The zero-order chi connectivity index (χ0) is 15.2. The second-order valence-electron chi connectivity index (χ2n) is 4.80. The number of rotatable bonds is 12. The number of carbonyl (C=O) groups excluding carboxylic acids is 2. The third kappa shape index (κ3) is 13.3. The van der Waals surface area contributed by atoms with Crippen LogP contribution >= 0.6 is 0 Å². The standard InChI is InChI=1S/C14H28N2O4/c1-4-5-13(17)15-7-9-20-11-10-19-8-6-14(18)16-12(2)3/h12H,4-11H2,1-3H3,(H,15,17)(H,16,18). The predicted molar refractivity (Wildman–Crippen MR) is 77.5 cm³/mol. The van der Waals surface area contributed by atoms with E-state index in [0.29, 0.717) is 45.8 Å². The first-order valence-electron chi connectivity index (χ1n) is 7.27. The zero-order valence-electron chi connectivity index (χ0n) is 12.9. The monoisotopic (exact) mass is 288 g/mol. The van der Waals surface area contributed by atoms with Gasteiger partial charge >= 0.3 is 0 Å². The molecule has 0 aliphatic rings. The highest BCUT2D eigenvalue weighted by atomic mass is 16.5. The van der Waals surface area contributed by atoms with Gasteiger partial charge in [0.05, 0.1) is 26.4 Å². The molecular weight excluding hydrogens is 260 g/mol. The summed E-state index contributed by atoms with van der Waals surface area (Å²) in [6.45, 7) is 8.14. The molecule has 6 heteroatoms. The molecule has 0 aromatic heterocycles. The SMILES string of the molecule is CCCC(=O)NCCOCCOCCC(=O)NC(C)C. The van der Waals surface area contributed by atoms with Gasteiger partial charge in [0.25, 0.3) is 0 Å². The van der Waals surface area contributed by atoms with Gasteiger partial charge in [-0.1, -0.05) is 6.92 Å². The van der Waals surface area contributed by atoms with E-state index in [1.165, 1.54) is 0 Å². The fourth-order valence-electron chi connectivity index (χ4n) is 1.46. The van der Waals surface area contributed by atoms with Crippen LogP contribution in [0, 0.1) is 0 Å². The first kappa shape index (κ1) is 18.9. The van der Waals surface area contributed by atoms with E-state index < -0.39 is 0 Å². The van der Waals surface area contributed by atoms with Gasteiger partial charge in [-0.3, -0.25) is 9.59 Å². The first-order chi connectivity index (χ1) is 9.56. The molecule has 20 heavy (non-hydrogen) atoms. The Morgan fingerprint density at radius 2 is 1.60 bits per heavy atom. The number of amides is 2. The van der Waals surface area contributed by atoms with Crippen LogP contribution in [0.25, 0.3) is 0 Å². The molecule has 0 unspecified atom stereocenters. The van der Waals surface area contributed by atoms with Crippen molar-refractivity contribution >= 4 is 11.8 Å². The molecule has 0 spiro atoms. The summed E-state index contributed by atoms with van der Waals surface area (Å²) in [6.07, 6.45) is 1.78. The molecule has 2 amide bonds. The Hall–Kier alpha value is -1.14. The van der Waals surface area contributed by atoms with Crippen molar-refractivity contribution in [3.05, 3.63) is 0 Å². The topological polar surface area (TPSA) is 76.7 Å². The molecule has 0 fully saturated rings. The van der Waals surface area contributed by atoms with Crippen molar-refractivity contribution in [1.29, 1.82) is 0 Å². The van der Waals surface area contributed by atoms with Crippen molar-refractivity contribution < 1.29 is 19.1 Å². The fraction of sp³-hybridized carbons (Fsp3) is 0.857. The quantitative estimate of drug-likeness (QED) is 0.522. The summed E-state index contributed by atoms with van der Waals surface area (Å²) >= 11 is 0. The van der Waals surface area contributed by atoms with E-state index in [0.717, 1.165) is 6.42 Å². The van der Waals surface area contributed by atoms with Crippen LogP contribution in [0.1, 0.15) is 40.0 Å². The maximum Gasteiger partial charge on any atom is 0.222 e. The molecule has 118 valence electrons. The molecular formula is C14H28N2O4. The van der Waals surface area contributed by atoms with Crippen LogP contribution in [0.5, 0.6) is 0 Å². The number of nitrogens with one attached hydrogen (secondary N) is 2.